The standard InChI is InChI=1S/C18H15OP.CHF3O3S/c19-20(16-10-4-1-5-11-16,17-12-6-2-7-13-17)18-14-8-3-9-15-18;2-1(3,4)8(5,6)7/h1-15H;(H,5,6,7). The number of alkyl halides is 3. The van der Waals surface area contributed by atoms with Crippen molar-refractivity contribution in [3.8, 4) is 0 Å². The van der Waals surface area contributed by atoms with E-state index < -0.39 is 22.8 Å². The second kappa shape index (κ2) is 8.73. The van der Waals surface area contributed by atoms with Crippen molar-refractivity contribution < 1.29 is 30.7 Å². The van der Waals surface area contributed by atoms with Crippen LogP contribution in [-0.4, -0.2) is 18.5 Å². The van der Waals surface area contributed by atoms with Gasteiger partial charge in [0.1, 0.15) is 0 Å². The lowest BCUT2D eigenvalue weighted by atomic mass is 10.4. The highest BCUT2D eigenvalue weighted by molar-refractivity contribution is 7.86. The van der Waals surface area contributed by atoms with Crippen molar-refractivity contribution in [2.24, 2.45) is 0 Å². The molecule has 0 aliphatic carbocycles. The molecule has 0 bridgehead atoms. The average molecular weight is 428 g/mol. The lowest BCUT2D eigenvalue weighted by molar-refractivity contribution is -0.0510. The minimum absolute atomic E-state index is 0.873. The van der Waals surface area contributed by atoms with E-state index in [1.165, 1.54) is 0 Å². The van der Waals surface area contributed by atoms with Crippen molar-refractivity contribution in [1.82, 2.24) is 0 Å². The van der Waals surface area contributed by atoms with Gasteiger partial charge in [-0.3, -0.25) is 4.55 Å². The number of hydrogen-bond acceptors (Lipinski definition) is 3. The van der Waals surface area contributed by atoms with E-state index in [0.717, 1.165) is 15.9 Å². The van der Waals surface area contributed by atoms with Gasteiger partial charge < -0.3 is 4.57 Å². The monoisotopic (exact) mass is 428 g/mol. The summed E-state index contributed by atoms with van der Waals surface area (Å²) in [5.41, 5.74) is -5.53. The maximum absolute atomic E-state index is 13.8. The fourth-order valence-corrected chi connectivity index (χ4v) is 5.03. The van der Waals surface area contributed by atoms with Crippen LogP contribution in [0.15, 0.2) is 91.0 Å². The van der Waals surface area contributed by atoms with Gasteiger partial charge in [-0.05, 0) is 0 Å². The first-order valence-electron chi connectivity index (χ1n) is 7.87. The van der Waals surface area contributed by atoms with Crippen LogP contribution in [-0.2, 0) is 14.7 Å². The summed E-state index contributed by atoms with van der Waals surface area (Å²) in [5.74, 6) is 0. The summed E-state index contributed by atoms with van der Waals surface area (Å²) in [6.07, 6.45) is 0. The zero-order chi connectivity index (χ0) is 20.8. The zero-order valence-corrected chi connectivity index (χ0v) is 16.0. The molecule has 148 valence electrons. The summed E-state index contributed by atoms with van der Waals surface area (Å²) in [6, 6.07) is 29.1. The predicted octanol–water partition coefficient (Wildman–Crippen LogP) is 3.72. The summed E-state index contributed by atoms with van der Waals surface area (Å²) in [5, 5.41) is 2.62. The Labute approximate surface area is 160 Å². The summed E-state index contributed by atoms with van der Waals surface area (Å²) in [6.45, 7) is 0. The molecule has 0 unspecified atom stereocenters. The second-order valence-electron chi connectivity index (χ2n) is 5.54. The van der Waals surface area contributed by atoms with Crippen molar-refractivity contribution in [2.75, 3.05) is 0 Å². The molecule has 0 fully saturated rings. The van der Waals surface area contributed by atoms with Crippen molar-refractivity contribution in [2.45, 2.75) is 5.51 Å². The summed E-state index contributed by atoms with van der Waals surface area (Å²) in [7, 11) is -8.62. The molecule has 0 spiro atoms. The van der Waals surface area contributed by atoms with E-state index in [2.05, 4.69) is 0 Å². The Morgan fingerprint density at radius 1 is 0.643 bits per heavy atom. The van der Waals surface area contributed by atoms with Crippen LogP contribution in [0, 0.1) is 0 Å². The Bertz CT molecular complexity index is 935. The molecular formula is C19H16F3O4PS. The third-order valence-electron chi connectivity index (χ3n) is 3.65. The number of halogens is 3. The van der Waals surface area contributed by atoms with Crippen LogP contribution < -0.4 is 15.9 Å². The van der Waals surface area contributed by atoms with E-state index in [0.29, 0.717) is 0 Å². The highest BCUT2D eigenvalue weighted by atomic mass is 32.2. The largest absolute Gasteiger partial charge is 0.522 e. The van der Waals surface area contributed by atoms with Gasteiger partial charge in [0, 0.05) is 15.9 Å². The van der Waals surface area contributed by atoms with Gasteiger partial charge in [0.2, 0.25) is 0 Å². The first-order valence-corrected chi connectivity index (χ1v) is 11.0. The maximum Gasteiger partial charge on any atom is 0.522 e. The Morgan fingerprint density at radius 2 is 0.857 bits per heavy atom. The summed E-state index contributed by atoms with van der Waals surface area (Å²) >= 11 is 0. The van der Waals surface area contributed by atoms with Gasteiger partial charge in [0.05, 0.1) is 0 Å². The zero-order valence-electron chi connectivity index (χ0n) is 14.3. The molecule has 1 N–H and O–H groups in total. The Hall–Kier alpha value is -2.41. The van der Waals surface area contributed by atoms with Crippen molar-refractivity contribution in [3.05, 3.63) is 91.0 Å². The van der Waals surface area contributed by atoms with Crippen LogP contribution in [0.3, 0.4) is 0 Å². The van der Waals surface area contributed by atoms with E-state index in [4.69, 9.17) is 13.0 Å². The molecule has 3 rings (SSSR count). The van der Waals surface area contributed by atoms with Gasteiger partial charge in [-0.1, -0.05) is 91.0 Å². The first-order chi connectivity index (χ1) is 13.1. The molecule has 0 aliphatic rings. The molecule has 0 amide bonds. The third kappa shape index (κ3) is 5.10. The van der Waals surface area contributed by atoms with Gasteiger partial charge in [-0.25, -0.2) is 0 Å². The first kappa shape index (κ1) is 21.9. The second-order valence-corrected chi connectivity index (χ2v) is 9.72. The van der Waals surface area contributed by atoms with Gasteiger partial charge in [-0.2, -0.15) is 21.6 Å². The molecule has 0 aromatic heterocycles. The Morgan fingerprint density at radius 3 is 1.04 bits per heavy atom. The molecule has 0 saturated carbocycles. The Balaban J connectivity index is 0.000000300. The number of rotatable bonds is 3. The van der Waals surface area contributed by atoms with E-state index in [1.807, 2.05) is 91.0 Å². The minimum Gasteiger partial charge on any atom is -0.309 e. The predicted molar refractivity (Wildman–Crippen MR) is 103 cm³/mol. The van der Waals surface area contributed by atoms with E-state index >= 15 is 0 Å². The summed E-state index contributed by atoms with van der Waals surface area (Å²) < 4.78 is 71.4. The Kier molecular flexibility index (Phi) is 6.82. The van der Waals surface area contributed by atoms with Crippen LogP contribution >= 0.6 is 7.14 Å². The fraction of sp³-hybridized carbons (Fsp3) is 0.0526. The summed E-state index contributed by atoms with van der Waals surface area (Å²) in [4.78, 5) is 0. The molecule has 28 heavy (non-hydrogen) atoms. The third-order valence-corrected chi connectivity index (χ3v) is 7.31. The molecule has 0 atom stereocenters. The van der Waals surface area contributed by atoms with Gasteiger partial charge >= 0.3 is 15.6 Å². The van der Waals surface area contributed by atoms with E-state index in [9.17, 15) is 17.7 Å². The van der Waals surface area contributed by atoms with E-state index in [-0.39, 0.29) is 0 Å². The molecular weight excluding hydrogens is 412 g/mol. The molecule has 0 aliphatic heterocycles. The minimum atomic E-state index is -5.84. The molecule has 9 heteroatoms. The molecule has 3 aromatic carbocycles. The van der Waals surface area contributed by atoms with Crippen LogP contribution in [0.4, 0.5) is 13.2 Å². The molecule has 0 saturated heterocycles. The van der Waals surface area contributed by atoms with Gasteiger partial charge in [0.15, 0.2) is 7.14 Å². The van der Waals surface area contributed by atoms with Crippen molar-refractivity contribution in [1.29, 1.82) is 0 Å². The van der Waals surface area contributed by atoms with Crippen LogP contribution in [0.25, 0.3) is 0 Å². The number of hydrogen-bond donors (Lipinski definition) is 1. The molecule has 0 radical (unpaired) electrons. The number of benzene rings is 3. The molecule has 4 nitrogen and oxygen atoms in total. The smallest absolute Gasteiger partial charge is 0.309 e. The van der Waals surface area contributed by atoms with Crippen LogP contribution in [0.2, 0.25) is 0 Å². The van der Waals surface area contributed by atoms with Gasteiger partial charge in [-0.15, -0.1) is 0 Å². The van der Waals surface area contributed by atoms with E-state index in [1.54, 1.807) is 0 Å². The highest BCUT2D eigenvalue weighted by Gasteiger charge is 2.44. The lowest BCUT2D eigenvalue weighted by Gasteiger charge is -2.19. The van der Waals surface area contributed by atoms with Crippen LogP contribution in [0.1, 0.15) is 0 Å². The van der Waals surface area contributed by atoms with Crippen molar-refractivity contribution >= 4 is 33.2 Å². The topological polar surface area (TPSA) is 71.4 Å². The molecule has 3 aromatic rings. The fourth-order valence-electron chi connectivity index (χ4n) is 2.36. The maximum atomic E-state index is 13.8. The average Bonchev–Trinajstić information content (AvgIpc) is 2.68. The lowest BCUT2D eigenvalue weighted by Crippen LogP contribution is -2.24. The van der Waals surface area contributed by atoms with Crippen molar-refractivity contribution in [3.63, 3.8) is 0 Å². The SMILES string of the molecule is O=P(c1ccccc1)(c1ccccc1)c1ccccc1.O=S(=O)(O)C(F)(F)F. The normalized spacial score (nSPS) is 12.0. The highest BCUT2D eigenvalue weighted by Crippen LogP contribution is 2.41. The van der Waals surface area contributed by atoms with Crippen LogP contribution in [0.5, 0.6) is 0 Å². The quantitative estimate of drug-likeness (QED) is 0.392. The van der Waals surface area contributed by atoms with Gasteiger partial charge in [0.25, 0.3) is 0 Å². The molecule has 0 heterocycles.